The van der Waals surface area contributed by atoms with Gasteiger partial charge in [0.1, 0.15) is 12.6 Å². The molecule has 0 saturated heterocycles. The number of carbonyl (C=O) groups is 3. The Morgan fingerprint density at radius 1 is 1.09 bits per heavy atom. The molecule has 2 aliphatic rings. The van der Waals surface area contributed by atoms with Gasteiger partial charge < -0.3 is 20.5 Å². The van der Waals surface area contributed by atoms with E-state index in [-0.39, 0.29) is 24.9 Å². The van der Waals surface area contributed by atoms with Crippen LogP contribution in [0.3, 0.4) is 0 Å². The molecule has 4 rings (SSSR count). The average molecular weight is 483 g/mol. The van der Waals surface area contributed by atoms with Crippen LogP contribution in [0.1, 0.15) is 49.1 Å². The highest BCUT2D eigenvalue weighted by molar-refractivity contribution is 7.98. The van der Waals surface area contributed by atoms with Crippen molar-refractivity contribution in [3.05, 3.63) is 59.7 Å². The summed E-state index contributed by atoms with van der Waals surface area (Å²) in [6, 6.07) is 15.4. The van der Waals surface area contributed by atoms with E-state index in [1.165, 1.54) is 0 Å². The monoisotopic (exact) mass is 482 g/mol. The molecule has 34 heavy (non-hydrogen) atoms. The van der Waals surface area contributed by atoms with Gasteiger partial charge in [0, 0.05) is 5.92 Å². The number of amides is 2. The van der Waals surface area contributed by atoms with Crippen LogP contribution in [0, 0.1) is 0 Å². The molecule has 2 aromatic carbocycles. The normalized spacial score (nSPS) is 16.5. The molecular weight excluding hydrogens is 452 g/mol. The molecule has 3 N–H and O–H groups in total. The molecule has 8 heteroatoms. The molecule has 2 aliphatic carbocycles. The van der Waals surface area contributed by atoms with Gasteiger partial charge in [0.05, 0.1) is 12.0 Å². The van der Waals surface area contributed by atoms with Crippen molar-refractivity contribution in [2.45, 2.75) is 49.6 Å². The van der Waals surface area contributed by atoms with Crippen molar-refractivity contribution in [2.75, 3.05) is 18.6 Å². The molecule has 0 radical (unpaired) electrons. The Hall–Kier alpha value is -3.00. The summed E-state index contributed by atoms with van der Waals surface area (Å²) in [6.07, 6.45) is 3.74. The highest BCUT2D eigenvalue weighted by Gasteiger charge is 2.41. The number of carbonyl (C=O) groups excluding carboxylic acids is 2. The number of fused-ring (bicyclic) bond motifs is 3. The largest absolute Gasteiger partial charge is 0.481 e. The van der Waals surface area contributed by atoms with E-state index in [1.807, 2.05) is 30.5 Å². The summed E-state index contributed by atoms with van der Waals surface area (Å²) in [5.74, 6) is -0.688. The predicted molar refractivity (Wildman–Crippen MR) is 132 cm³/mol. The molecule has 2 amide bonds. The summed E-state index contributed by atoms with van der Waals surface area (Å²) < 4.78 is 5.60. The van der Waals surface area contributed by atoms with Crippen LogP contribution in [0.25, 0.3) is 11.1 Å². The summed E-state index contributed by atoms with van der Waals surface area (Å²) in [7, 11) is 0. The summed E-state index contributed by atoms with van der Waals surface area (Å²) >= 11 is 1.57. The van der Waals surface area contributed by atoms with E-state index in [0.29, 0.717) is 25.0 Å². The van der Waals surface area contributed by atoms with Crippen molar-refractivity contribution in [2.24, 2.45) is 0 Å². The molecular formula is C26H30N2O5S. The molecule has 0 aliphatic heterocycles. The number of hydrogen-bond acceptors (Lipinski definition) is 5. The van der Waals surface area contributed by atoms with Gasteiger partial charge in [-0.1, -0.05) is 48.5 Å². The average Bonchev–Trinajstić information content (AvgIpc) is 3.12. The van der Waals surface area contributed by atoms with E-state index >= 15 is 0 Å². The van der Waals surface area contributed by atoms with Gasteiger partial charge in [-0.05, 0) is 59.9 Å². The van der Waals surface area contributed by atoms with Crippen LogP contribution in [0.2, 0.25) is 0 Å². The Labute approximate surface area is 203 Å². The van der Waals surface area contributed by atoms with Crippen molar-refractivity contribution in [1.82, 2.24) is 10.6 Å². The lowest BCUT2D eigenvalue weighted by atomic mass is 9.74. The lowest BCUT2D eigenvalue weighted by Gasteiger charge is -2.42. The second kappa shape index (κ2) is 10.5. The fraction of sp³-hybridized carbons (Fsp3) is 0.423. The molecule has 0 spiro atoms. The molecule has 1 atom stereocenters. The van der Waals surface area contributed by atoms with E-state index in [4.69, 9.17) is 4.74 Å². The number of thioether (sulfide) groups is 1. The molecule has 1 unspecified atom stereocenters. The van der Waals surface area contributed by atoms with E-state index in [0.717, 1.165) is 28.7 Å². The second-order valence-corrected chi connectivity index (χ2v) is 9.98. The molecule has 1 saturated carbocycles. The van der Waals surface area contributed by atoms with E-state index in [1.54, 1.807) is 11.8 Å². The third-order valence-electron chi connectivity index (χ3n) is 6.75. The lowest BCUT2D eigenvalue weighted by Crippen LogP contribution is -2.59. The van der Waals surface area contributed by atoms with Crippen LogP contribution in [0.4, 0.5) is 4.79 Å². The van der Waals surface area contributed by atoms with Crippen LogP contribution >= 0.6 is 11.8 Å². The number of ether oxygens (including phenoxy) is 1. The van der Waals surface area contributed by atoms with Crippen LogP contribution in [0.5, 0.6) is 0 Å². The maximum Gasteiger partial charge on any atom is 0.407 e. The number of nitrogens with one attached hydrogen (secondary N) is 2. The first-order chi connectivity index (χ1) is 16.4. The Balaban J connectivity index is 1.40. The summed E-state index contributed by atoms with van der Waals surface area (Å²) in [5, 5.41) is 14.8. The van der Waals surface area contributed by atoms with Crippen molar-refractivity contribution in [3.8, 4) is 11.1 Å². The third kappa shape index (κ3) is 5.22. The minimum atomic E-state index is -0.940. The van der Waals surface area contributed by atoms with E-state index in [2.05, 4.69) is 34.9 Å². The summed E-state index contributed by atoms with van der Waals surface area (Å²) in [4.78, 5) is 36.9. The number of hydrogen-bond donors (Lipinski definition) is 3. The zero-order chi connectivity index (χ0) is 24.1. The molecule has 180 valence electrons. The van der Waals surface area contributed by atoms with Crippen LogP contribution in [-0.4, -0.2) is 53.3 Å². The van der Waals surface area contributed by atoms with Crippen LogP contribution in [-0.2, 0) is 14.3 Å². The van der Waals surface area contributed by atoms with Crippen molar-refractivity contribution < 1.29 is 24.2 Å². The number of aliphatic carboxylic acids is 1. The van der Waals surface area contributed by atoms with Gasteiger partial charge in [-0.2, -0.15) is 11.8 Å². The molecule has 0 heterocycles. The summed E-state index contributed by atoms with van der Waals surface area (Å²) in [6.45, 7) is 0.166. The first-order valence-electron chi connectivity index (χ1n) is 11.6. The van der Waals surface area contributed by atoms with Gasteiger partial charge in [-0.25, -0.2) is 4.79 Å². The molecule has 0 aromatic heterocycles. The number of benzene rings is 2. The number of carboxylic acid groups (broad SMARTS) is 1. The number of alkyl carbamates (subject to hydrolysis) is 1. The van der Waals surface area contributed by atoms with Gasteiger partial charge in [0.2, 0.25) is 5.91 Å². The maximum absolute atomic E-state index is 13.0. The Bertz CT molecular complexity index is 1020. The molecule has 7 nitrogen and oxygen atoms in total. The Morgan fingerprint density at radius 2 is 1.71 bits per heavy atom. The van der Waals surface area contributed by atoms with Crippen molar-refractivity contribution >= 4 is 29.7 Å². The van der Waals surface area contributed by atoms with Crippen molar-refractivity contribution in [3.63, 3.8) is 0 Å². The smallest absolute Gasteiger partial charge is 0.407 e. The number of rotatable bonds is 10. The Morgan fingerprint density at radius 3 is 2.24 bits per heavy atom. The van der Waals surface area contributed by atoms with Gasteiger partial charge in [-0.3, -0.25) is 9.59 Å². The predicted octanol–water partition coefficient (Wildman–Crippen LogP) is 4.16. The third-order valence-corrected chi connectivity index (χ3v) is 7.40. The SMILES string of the molecule is CSCCC(NC(=O)OCC1c2ccccc2-c2ccccc21)C(=O)NC1(CC(=O)O)CCC1. The van der Waals surface area contributed by atoms with Gasteiger partial charge in [0.15, 0.2) is 0 Å². The van der Waals surface area contributed by atoms with Crippen molar-refractivity contribution in [1.29, 1.82) is 0 Å². The molecule has 2 aromatic rings. The quantitative estimate of drug-likeness (QED) is 0.470. The van der Waals surface area contributed by atoms with Gasteiger partial charge in [-0.15, -0.1) is 0 Å². The first kappa shape index (κ1) is 24.1. The molecule has 1 fully saturated rings. The number of carboxylic acids is 1. The fourth-order valence-electron chi connectivity index (χ4n) is 4.87. The van der Waals surface area contributed by atoms with Gasteiger partial charge in [0.25, 0.3) is 0 Å². The van der Waals surface area contributed by atoms with Crippen LogP contribution < -0.4 is 10.6 Å². The standard InChI is InChI=1S/C26H30N2O5S/c1-34-14-11-22(24(31)28-26(12-6-13-26)15-23(29)30)27-25(32)33-16-21-19-9-4-2-7-17(19)18-8-3-5-10-20(18)21/h2-5,7-10,21-22H,6,11-16H2,1H3,(H,27,32)(H,28,31)(H,29,30). The van der Waals surface area contributed by atoms with E-state index < -0.39 is 23.6 Å². The zero-order valence-corrected chi connectivity index (χ0v) is 20.0. The fourth-order valence-corrected chi connectivity index (χ4v) is 5.35. The topological polar surface area (TPSA) is 105 Å². The highest BCUT2D eigenvalue weighted by atomic mass is 32.2. The zero-order valence-electron chi connectivity index (χ0n) is 19.2. The lowest BCUT2D eigenvalue weighted by molar-refractivity contribution is -0.140. The van der Waals surface area contributed by atoms with Gasteiger partial charge >= 0.3 is 12.1 Å². The minimum absolute atomic E-state index is 0.0644. The maximum atomic E-state index is 13.0. The second-order valence-electron chi connectivity index (χ2n) is 9.00. The van der Waals surface area contributed by atoms with E-state index in [9.17, 15) is 19.5 Å². The van der Waals surface area contributed by atoms with Crippen LogP contribution in [0.15, 0.2) is 48.5 Å². The summed E-state index contributed by atoms with van der Waals surface area (Å²) in [5.41, 5.74) is 3.81. The molecule has 0 bridgehead atoms. The highest BCUT2D eigenvalue weighted by Crippen LogP contribution is 2.44. The first-order valence-corrected chi connectivity index (χ1v) is 13.0. The minimum Gasteiger partial charge on any atom is -0.481 e. The Kier molecular flexibility index (Phi) is 7.46.